The van der Waals surface area contributed by atoms with Crippen LogP contribution in [0.25, 0.3) is 0 Å². The number of aryl methyl sites for hydroxylation is 1. The molecule has 1 unspecified atom stereocenters. The first-order valence-corrected chi connectivity index (χ1v) is 7.94. The molecule has 2 rings (SSSR count). The minimum Gasteiger partial charge on any atom is -0.484 e. The van der Waals surface area contributed by atoms with Crippen molar-refractivity contribution >= 4 is 5.91 Å². The number of amides is 1. The molecule has 0 spiro atoms. The number of nitrogens with one attached hydrogen (secondary N) is 1. The van der Waals surface area contributed by atoms with E-state index in [9.17, 15) is 4.79 Å². The van der Waals surface area contributed by atoms with Gasteiger partial charge in [-0.15, -0.1) is 0 Å². The number of ether oxygens (including phenoxy) is 1. The Morgan fingerprint density at radius 2 is 2.19 bits per heavy atom. The number of hydrogen-bond acceptors (Lipinski definition) is 3. The van der Waals surface area contributed by atoms with Crippen molar-refractivity contribution in [1.29, 1.82) is 0 Å². The predicted molar refractivity (Wildman–Crippen MR) is 84.3 cm³/mol. The Hall–Kier alpha value is -1.55. The summed E-state index contributed by atoms with van der Waals surface area (Å²) < 4.78 is 5.61. The normalized spacial score (nSPS) is 17.4. The summed E-state index contributed by atoms with van der Waals surface area (Å²) in [7, 11) is 0. The Balaban J connectivity index is 1.90. The highest BCUT2D eigenvalue weighted by atomic mass is 16.5. The van der Waals surface area contributed by atoms with E-state index in [2.05, 4.69) is 19.2 Å². The molecule has 0 saturated heterocycles. The van der Waals surface area contributed by atoms with E-state index in [1.54, 1.807) is 0 Å². The third kappa shape index (κ3) is 4.21. The smallest absolute Gasteiger partial charge is 0.258 e. The second kappa shape index (κ2) is 7.46. The standard InChI is InChI=1S/C17H26N2O2/c1-3-13(4-2)19-17(20)11-21-14-8-9-15-12(10-14)6-5-7-16(15)18/h8-10,13,16H,3-7,11,18H2,1-2H3,(H,19,20). The maximum atomic E-state index is 11.8. The number of carbonyl (C=O) groups excluding carboxylic acids is 1. The van der Waals surface area contributed by atoms with Gasteiger partial charge >= 0.3 is 0 Å². The first kappa shape index (κ1) is 15.8. The maximum absolute atomic E-state index is 11.8. The van der Waals surface area contributed by atoms with E-state index in [-0.39, 0.29) is 24.6 Å². The fourth-order valence-corrected chi connectivity index (χ4v) is 2.83. The Bertz CT molecular complexity index is 484. The van der Waals surface area contributed by atoms with Crippen molar-refractivity contribution in [3.63, 3.8) is 0 Å². The highest BCUT2D eigenvalue weighted by Gasteiger charge is 2.17. The third-order valence-corrected chi connectivity index (χ3v) is 4.20. The van der Waals surface area contributed by atoms with E-state index in [4.69, 9.17) is 10.5 Å². The molecule has 21 heavy (non-hydrogen) atoms. The number of rotatable bonds is 6. The predicted octanol–water partition coefficient (Wildman–Crippen LogP) is 2.71. The maximum Gasteiger partial charge on any atom is 0.258 e. The minimum atomic E-state index is -0.0573. The molecule has 4 nitrogen and oxygen atoms in total. The van der Waals surface area contributed by atoms with Crippen LogP contribution in [0.2, 0.25) is 0 Å². The molecule has 1 atom stereocenters. The lowest BCUT2D eigenvalue weighted by molar-refractivity contribution is -0.123. The highest BCUT2D eigenvalue weighted by Crippen LogP contribution is 2.30. The molecule has 0 bridgehead atoms. The van der Waals surface area contributed by atoms with Crippen LogP contribution in [0.1, 0.15) is 56.7 Å². The van der Waals surface area contributed by atoms with Gasteiger partial charge in [-0.05, 0) is 55.4 Å². The van der Waals surface area contributed by atoms with Crippen LogP contribution in [0.5, 0.6) is 5.75 Å². The molecule has 116 valence electrons. The molecule has 1 aromatic rings. The van der Waals surface area contributed by atoms with Crippen LogP contribution in [0.3, 0.4) is 0 Å². The Labute approximate surface area is 127 Å². The molecule has 4 heteroatoms. The molecular formula is C17H26N2O2. The molecule has 0 fully saturated rings. The fourth-order valence-electron chi connectivity index (χ4n) is 2.83. The van der Waals surface area contributed by atoms with E-state index in [1.165, 1.54) is 11.1 Å². The SMILES string of the molecule is CCC(CC)NC(=O)COc1ccc2c(c1)CCCC2N. The molecule has 0 heterocycles. The van der Waals surface area contributed by atoms with Gasteiger partial charge in [0, 0.05) is 12.1 Å². The minimum absolute atomic E-state index is 0.0573. The number of carbonyl (C=O) groups is 1. The van der Waals surface area contributed by atoms with Crippen molar-refractivity contribution < 1.29 is 9.53 Å². The molecular weight excluding hydrogens is 264 g/mol. The van der Waals surface area contributed by atoms with Gasteiger partial charge in [-0.1, -0.05) is 19.9 Å². The van der Waals surface area contributed by atoms with E-state index < -0.39 is 0 Å². The zero-order valence-corrected chi connectivity index (χ0v) is 13.0. The van der Waals surface area contributed by atoms with Crippen molar-refractivity contribution in [3.8, 4) is 5.75 Å². The second-order valence-corrected chi connectivity index (χ2v) is 5.73. The molecule has 3 N–H and O–H groups in total. The molecule has 0 saturated carbocycles. The van der Waals surface area contributed by atoms with Crippen LogP contribution in [-0.4, -0.2) is 18.6 Å². The molecule has 0 aliphatic heterocycles. The summed E-state index contributed by atoms with van der Waals surface area (Å²) in [6.45, 7) is 4.21. The lowest BCUT2D eigenvalue weighted by Gasteiger charge is -2.22. The molecule has 1 aliphatic carbocycles. The number of benzene rings is 1. The van der Waals surface area contributed by atoms with E-state index in [0.29, 0.717) is 0 Å². The van der Waals surface area contributed by atoms with E-state index in [1.807, 2.05) is 18.2 Å². The van der Waals surface area contributed by atoms with E-state index in [0.717, 1.165) is 37.9 Å². The quantitative estimate of drug-likeness (QED) is 0.846. The van der Waals surface area contributed by atoms with Gasteiger partial charge in [-0.3, -0.25) is 4.79 Å². The van der Waals surface area contributed by atoms with Gasteiger partial charge in [0.15, 0.2) is 6.61 Å². The van der Waals surface area contributed by atoms with Crippen molar-refractivity contribution in [2.45, 2.75) is 58.0 Å². The Morgan fingerprint density at radius 3 is 2.90 bits per heavy atom. The number of nitrogens with two attached hydrogens (primary N) is 1. The molecule has 1 aliphatic rings. The summed E-state index contributed by atoms with van der Waals surface area (Å²) in [6.07, 6.45) is 5.09. The molecule has 0 aromatic heterocycles. The first-order chi connectivity index (χ1) is 10.1. The van der Waals surface area contributed by atoms with Gasteiger partial charge in [0.25, 0.3) is 5.91 Å². The van der Waals surface area contributed by atoms with Gasteiger partial charge in [0.05, 0.1) is 0 Å². The molecule has 1 aromatic carbocycles. The second-order valence-electron chi connectivity index (χ2n) is 5.73. The Morgan fingerprint density at radius 1 is 1.43 bits per heavy atom. The first-order valence-electron chi connectivity index (χ1n) is 7.94. The zero-order chi connectivity index (χ0) is 15.2. The van der Waals surface area contributed by atoms with Crippen LogP contribution in [-0.2, 0) is 11.2 Å². The molecule has 1 amide bonds. The van der Waals surface area contributed by atoms with Crippen LogP contribution in [0, 0.1) is 0 Å². The van der Waals surface area contributed by atoms with Gasteiger partial charge < -0.3 is 15.8 Å². The van der Waals surface area contributed by atoms with Crippen LogP contribution >= 0.6 is 0 Å². The fraction of sp³-hybridized carbons (Fsp3) is 0.588. The summed E-state index contributed by atoms with van der Waals surface area (Å²) in [5.74, 6) is 0.695. The monoisotopic (exact) mass is 290 g/mol. The van der Waals surface area contributed by atoms with Crippen LogP contribution < -0.4 is 15.8 Å². The zero-order valence-electron chi connectivity index (χ0n) is 13.0. The number of fused-ring (bicyclic) bond motifs is 1. The summed E-state index contributed by atoms with van der Waals surface area (Å²) in [5, 5.41) is 2.97. The van der Waals surface area contributed by atoms with Crippen LogP contribution in [0.4, 0.5) is 0 Å². The van der Waals surface area contributed by atoms with Crippen molar-refractivity contribution in [2.75, 3.05) is 6.61 Å². The lowest BCUT2D eigenvalue weighted by atomic mass is 9.88. The van der Waals surface area contributed by atoms with Gasteiger partial charge in [-0.25, -0.2) is 0 Å². The van der Waals surface area contributed by atoms with Crippen molar-refractivity contribution in [1.82, 2.24) is 5.32 Å². The largest absolute Gasteiger partial charge is 0.484 e. The number of hydrogen-bond donors (Lipinski definition) is 2. The highest BCUT2D eigenvalue weighted by molar-refractivity contribution is 5.77. The van der Waals surface area contributed by atoms with Crippen LogP contribution in [0.15, 0.2) is 18.2 Å². The summed E-state index contributed by atoms with van der Waals surface area (Å²) in [4.78, 5) is 11.8. The summed E-state index contributed by atoms with van der Waals surface area (Å²) >= 11 is 0. The third-order valence-electron chi connectivity index (χ3n) is 4.20. The summed E-state index contributed by atoms with van der Waals surface area (Å²) in [5.41, 5.74) is 8.57. The van der Waals surface area contributed by atoms with E-state index >= 15 is 0 Å². The van der Waals surface area contributed by atoms with Gasteiger partial charge in [0.1, 0.15) is 5.75 Å². The summed E-state index contributed by atoms with van der Waals surface area (Å²) in [6, 6.07) is 6.35. The lowest BCUT2D eigenvalue weighted by Crippen LogP contribution is -2.37. The molecule has 0 radical (unpaired) electrons. The van der Waals surface area contributed by atoms with Crippen molar-refractivity contribution in [3.05, 3.63) is 29.3 Å². The topological polar surface area (TPSA) is 64.3 Å². The average Bonchev–Trinajstić information content (AvgIpc) is 2.50. The van der Waals surface area contributed by atoms with Gasteiger partial charge in [0.2, 0.25) is 0 Å². The van der Waals surface area contributed by atoms with Gasteiger partial charge in [-0.2, -0.15) is 0 Å². The average molecular weight is 290 g/mol. The van der Waals surface area contributed by atoms with Crippen molar-refractivity contribution in [2.24, 2.45) is 5.73 Å². The Kier molecular flexibility index (Phi) is 5.62.